The average Bonchev–Trinajstić information content (AvgIpc) is 2.86. The predicted molar refractivity (Wildman–Crippen MR) is 123 cm³/mol. The van der Waals surface area contributed by atoms with Crippen LogP contribution >= 0.6 is 0 Å². The van der Waals surface area contributed by atoms with Crippen LogP contribution in [0.5, 0.6) is 23.0 Å². The number of nitrogens with zero attached hydrogens (tertiary/aromatic N) is 2. The number of carbonyl (C=O) groups excluding carboxylic acids is 1. The normalized spacial score (nSPS) is 14.2. The van der Waals surface area contributed by atoms with Crippen LogP contribution in [0.4, 0.5) is 5.69 Å². The van der Waals surface area contributed by atoms with Crippen molar-refractivity contribution in [2.75, 3.05) is 13.7 Å². The summed E-state index contributed by atoms with van der Waals surface area (Å²) in [5.41, 5.74) is 7.66. The molecule has 1 atom stereocenters. The van der Waals surface area contributed by atoms with Gasteiger partial charge in [0.2, 0.25) is 5.88 Å². The zero-order valence-corrected chi connectivity index (χ0v) is 18.5. The van der Waals surface area contributed by atoms with E-state index in [0.29, 0.717) is 17.1 Å². The highest BCUT2D eigenvalue weighted by molar-refractivity contribution is 5.74. The van der Waals surface area contributed by atoms with Crippen LogP contribution in [-0.4, -0.2) is 24.6 Å². The van der Waals surface area contributed by atoms with Crippen molar-refractivity contribution in [3.05, 3.63) is 99.4 Å². The molecule has 1 aliphatic heterocycles. The van der Waals surface area contributed by atoms with Crippen molar-refractivity contribution in [2.24, 2.45) is 5.73 Å². The first kappa shape index (κ1) is 23.1. The Bertz CT molecular complexity index is 1360. The second kappa shape index (κ2) is 9.84. The summed E-state index contributed by atoms with van der Waals surface area (Å²) in [6.45, 7) is -0.414. The van der Waals surface area contributed by atoms with Gasteiger partial charge in [0.25, 0.3) is 5.69 Å². The van der Waals surface area contributed by atoms with Crippen molar-refractivity contribution in [3.8, 4) is 29.1 Å². The predicted octanol–water partition coefficient (Wildman–Crippen LogP) is 3.81. The van der Waals surface area contributed by atoms with Crippen molar-refractivity contribution in [1.29, 1.82) is 5.26 Å². The first-order valence-corrected chi connectivity index (χ1v) is 10.3. The molecule has 0 saturated carbocycles. The number of nitriles is 1. The van der Waals surface area contributed by atoms with Crippen LogP contribution in [-0.2, 0) is 4.79 Å². The van der Waals surface area contributed by atoms with Gasteiger partial charge < -0.3 is 24.7 Å². The van der Waals surface area contributed by atoms with Crippen LogP contribution < -0.4 is 24.7 Å². The number of hydrogen-bond acceptors (Lipinski definition) is 9. The topological polar surface area (TPSA) is 147 Å². The van der Waals surface area contributed by atoms with E-state index in [1.54, 1.807) is 25.3 Å². The van der Waals surface area contributed by atoms with Gasteiger partial charge in [-0.15, -0.1) is 0 Å². The van der Waals surface area contributed by atoms with Crippen molar-refractivity contribution in [2.45, 2.75) is 5.92 Å². The number of hydrogen-bond donors (Lipinski definition) is 1. The van der Waals surface area contributed by atoms with Crippen molar-refractivity contribution in [1.82, 2.24) is 0 Å². The largest absolute Gasteiger partial charge is 0.497 e. The van der Waals surface area contributed by atoms with Gasteiger partial charge in [-0.3, -0.25) is 10.1 Å². The lowest BCUT2D eigenvalue weighted by Gasteiger charge is -2.27. The van der Waals surface area contributed by atoms with Gasteiger partial charge in [0.15, 0.2) is 6.61 Å². The van der Waals surface area contributed by atoms with E-state index in [2.05, 4.69) is 6.07 Å². The second-order valence-electron chi connectivity index (χ2n) is 7.41. The lowest BCUT2D eigenvalue weighted by Crippen LogP contribution is -2.21. The highest BCUT2D eigenvalue weighted by atomic mass is 16.6. The molecule has 0 saturated heterocycles. The Morgan fingerprint density at radius 1 is 1.11 bits per heavy atom. The molecule has 0 spiro atoms. The molecule has 10 nitrogen and oxygen atoms in total. The average molecular weight is 473 g/mol. The molecule has 0 amide bonds. The molecule has 0 aliphatic carbocycles. The number of nitro groups is 1. The minimum absolute atomic E-state index is 0.0437. The lowest BCUT2D eigenvalue weighted by atomic mass is 9.83. The van der Waals surface area contributed by atoms with Crippen LogP contribution in [0.3, 0.4) is 0 Å². The molecule has 3 aromatic rings. The summed E-state index contributed by atoms with van der Waals surface area (Å²) >= 11 is 0. The minimum atomic E-state index is -0.690. The third kappa shape index (κ3) is 4.99. The Kier molecular flexibility index (Phi) is 6.50. The number of allylic oxidation sites excluding steroid dienone is 1. The van der Waals surface area contributed by atoms with Gasteiger partial charge in [-0.25, -0.2) is 4.79 Å². The maximum absolute atomic E-state index is 12.3. The first-order chi connectivity index (χ1) is 16.9. The third-order valence-electron chi connectivity index (χ3n) is 5.25. The van der Waals surface area contributed by atoms with E-state index in [0.717, 1.165) is 5.56 Å². The van der Waals surface area contributed by atoms with E-state index in [9.17, 15) is 20.2 Å². The van der Waals surface area contributed by atoms with Crippen LogP contribution in [0.1, 0.15) is 17.0 Å². The SMILES string of the molecule is COc1cccc(C2C(C#N)=C(N)Oc3cc(OC(=O)COc4ccc([N+](=O)[O-])cc4)ccc32)c1. The molecule has 2 N–H and O–H groups in total. The van der Waals surface area contributed by atoms with Gasteiger partial charge >= 0.3 is 5.97 Å². The van der Waals surface area contributed by atoms with Gasteiger partial charge in [-0.1, -0.05) is 18.2 Å². The summed E-state index contributed by atoms with van der Waals surface area (Å²) in [6.07, 6.45) is 0. The number of rotatable bonds is 7. The third-order valence-corrected chi connectivity index (χ3v) is 5.25. The Morgan fingerprint density at radius 3 is 2.54 bits per heavy atom. The number of benzene rings is 3. The number of nitro benzene ring substituents is 1. The van der Waals surface area contributed by atoms with E-state index in [1.807, 2.05) is 18.2 Å². The number of fused-ring (bicyclic) bond motifs is 1. The number of ether oxygens (including phenoxy) is 4. The van der Waals surface area contributed by atoms with Crippen molar-refractivity contribution in [3.63, 3.8) is 0 Å². The van der Waals surface area contributed by atoms with Crippen LogP contribution in [0.25, 0.3) is 0 Å². The van der Waals surface area contributed by atoms with E-state index in [-0.39, 0.29) is 28.6 Å². The van der Waals surface area contributed by atoms with Crippen molar-refractivity contribution < 1.29 is 28.7 Å². The molecule has 0 radical (unpaired) electrons. The summed E-state index contributed by atoms with van der Waals surface area (Å²) in [7, 11) is 1.55. The molecular weight excluding hydrogens is 454 g/mol. The molecule has 1 unspecified atom stereocenters. The molecule has 3 aromatic carbocycles. The zero-order valence-electron chi connectivity index (χ0n) is 18.5. The van der Waals surface area contributed by atoms with Crippen LogP contribution in [0, 0.1) is 21.4 Å². The molecular formula is C25H19N3O7. The zero-order chi connectivity index (χ0) is 24.9. The fraction of sp³-hybridized carbons (Fsp3) is 0.120. The summed E-state index contributed by atoms with van der Waals surface area (Å²) in [5.74, 6) is 0.223. The second-order valence-corrected chi connectivity index (χ2v) is 7.41. The Morgan fingerprint density at radius 2 is 1.86 bits per heavy atom. The van der Waals surface area contributed by atoms with E-state index in [4.69, 9.17) is 24.7 Å². The molecule has 176 valence electrons. The Hall–Kier alpha value is -5.04. The standard InChI is InChI=1S/C25H19N3O7/c1-32-18-4-2-3-15(11-18)24-20-10-9-19(12-22(20)35-25(27)21(24)13-26)34-23(29)14-33-17-7-5-16(6-8-17)28(30)31/h2-12,24H,14,27H2,1H3. The number of carbonyl (C=O) groups is 1. The van der Waals surface area contributed by atoms with Gasteiger partial charge in [0.1, 0.15) is 34.6 Å². The van der Waals surface area contributed by atoms with Crippen LogP contribution in [0.15, 0.2) is 78.2 Å². The van der Waals surface area contributed by atoms with E-state index < -0.39 is 23.4 Å². The number of esters is 1. The number of non-ortho nitro benzene ring substituents is 1. The summed E-state index contributed by atoms with van der Waals surface area (Å²) in [4.78, 5) is 22.4. The lowest BCUT2D eigenvalue weighted by molar-refractivity contribution is -0.384. The summed E-state index contributed by atoms with van der Waals surface area (Å²) < 4.78 is 21.6. The van der Waals surface area contributed by atoms with Gasteiger partial charge in [0.05, 0.1) is 18.0 Å². The molecule has 1 heterocycles. The maximum atomic E-state index is 12.3. The summed E-state index contributed by atoms with van der Waals surface area (Å²) in [5, 5.41) is 20.4. The Balaban J connectivity index is 1.51. The molecule has 4 rings (SSSR count). The fourth-order valence-electron chi connectivity index (χ4n) is 3.63. The minimum Gasteiger partial charge on any atom is -0.497 e. The molecule has 35 heavy (non-hydrogen) atoms. The smallest absolute Gasteiger partial charge is 0.349 e. The maximum Gasteiger partial charge on any atom is 0.349 e. The molecule has 0 fully saturated rings. The first-order valence-electron chi connectivity index (χ1n) is 10.3. The molecule has 1 aliphatic rings. The summed E-state index contributed by atoms with van der Waals surface area (Å²) in [6, 6.07) is 19.5. The van der Waals surface area contributed by atoms with Gasteiger partial charge in [0, 0.05) is 23.8 Å². The highest BCUT2D eigenvalue weighted by Crippen LogP contribution is 2.44. The van der Waals surface area contributed by atoms with E-state index in [1.165, 1.54) is 30.3 Å². The molecule has 0 bridgehead atoms. The van der Waals surface area contributed by atoms with Gasteiger partial charge in [-0.2, -0.15) is 5.26 Å². The van der Waals surface area contributed by atoms with Crippen molar-refractivity contribution >= 4 is 11.7 Å². The number of methoxy groups -OCH3 is 1. The number of nitrogens with two attached hydrogens (primary N) is 1. The molecule has 10 heteroatoms. The highest BCUT2D eigenvalue weighted by Gasteiger charge is 2.31. The fourth-order valence-corrected chi connectivity index (χ4v) is 3.63. The molecule has 0 aromatic heterocycles. The van der Waals surface area contributed by atoms with Gasteiger partial charge in [-0.05, 0) is 35.9 Å². The Labute approximate surface area is 199 Å². The monoisotopic (exact) mass is 473 g/mol. The van der Waals surface area contributed by atoms with Crippen LogP contribution in [0.2, 0.25) is 0 Å². The quantitative estimate of drug-likeness (QED) is 0.234. The van der Waals surface area contributed by atoms with E-state index >= 15 is 0 Å².